The van der Waals surface area contributed by atoms with Crippen LogP contribution in [0.5, 0.6) is 0 Å². The fourth-order valence-corrected chi connectivity index (χ4v) is 3.60. The van der Waals surface area contributed by atoms with Crippen LogP contribution in [0, 0.1) is 0 Å². The summed E-state index contributed by atoms with van der Waals surface area (Å²) in [5, 5.41) is -5.86. The lowest BCUT2D eigenvalue weighted by Crippen LogP contribution is -2.60. The molecule has 0 spiro atoms. The van der Waals surface area contributed by atoms with Gasteiger partial charge in [-0.2, -0.15) is 30.6 Å². The number of rotatable bonds is 4. The van der Waals surface area contributed by atoms with Crippen molar-refractivity contribution in [3.8, 4) is 0 Å². The predicted molar refractivity (Wildman–Crippen MR) is 64.1 cm³/mol. The van der Waals surface area contributed by atoms with Crippen molar-refractivity contribution in [3.63, 3.8) is 0 Å². The zero-order chi connectivity index (χ0) is 16.5. The SMILES string of the molecule is CC(F)(F)C(F)(F)C(F)(F)S(=O)(=O)N1CCCCCCC1. The van der Waals surface area contributed by atoms with E-state index in [1.165, 1.54) is 0 Å². The third-order valence-corrected chi connectivity index (χ3v) is 5.35. The maximum Gasteiger partial charge on any atom is 0.427 e. The molecule has 0 aromatic carbocycles. The molecule has 0 saturated carbocycles. The number of alkyl halides is 6. The summed E-state index contributed by atoms with van der Waals surface area (Å²) in [4.78, 5) is 0. The molecule has 1 saturated heterocycles. The van der Waals surface area contributed by atoms with Crippen LogP contribution in [0.25, 0.3) is 0 Å². The predicted octanol–water partition coefficient (Wildman–Crippen LogP) is 3.47. The van der Waals surface area contributed by atoms with Gasteiger partial charge in [-0.1, -0.05) is 19.3 Å². The lowest BCUT2D eigenvalue weighted by atomic mass is 10.1. The van der Waals surface area contributed by atoms with Crippen molar-refractivity contribution in [2.75, 3.05) is 13.1 Å². The molecule has 0 unspecified atom stereocenters. The maximum atomic E-state index is 13.6. The Kier molecular flexibility index (Phi) is 5.24. The second-order valence-corrected chi connectivity index (χ2v) is 7.13. The average Bonchev–Trinajstić information content (AvgIpc) is 2.25. The van der Waals surface area contributed by atoms with Gasteiger partial charge in [0, 0.05) is 20.0 Å². The van der Waals surface area contributed by atoms with Crippen LogP contribution < -0.4 is 0 Å². The first-order valence-electron chi connectivity index (χ1n) is 6.49. The molecule has 0 radical (unpaired) electrons. The molecule has 0 atom stereocenters. The normalized spacial score (nSPS) is 20.9. The van der Waals surface area contributed by atoms with Gasteiger partial charge in [-0.05, 0) is 12.8 Å². The quantitative estimate of drug-likeness (QED) is 0.735. The van der Waals surface area contributed by atoms with Crippen molar-refractivity contribution in [2.24, 2.45) is 0 Å². The van der Waals surface area contributed by atoms with Gasteiger partial charge in [-0.15, -0.1) is 0 Å². The number of nitrogens with zero attached hydrogens (tertiary/aromatic N) is 1. The van der Waals surface area contributed by atoms with Crippen LogP contribution in [0.3, 0.4) is 0 Å². The largest absolute Gasteiger partial charge is 0.427 e. The Morgan fingerprint density at radius 2 is 1.19 bits per heavy atom. The molecular formula is C11H17F6NO2S. The monoisotopic (exact) mass is 341 g/mol. The van der Waals surface area contributed by atoms with Crippen molar-refractivity contribution in [2.45, 2.75) is 56.1 Å². The van der Waals surface area contributed by atoms with Gasteiger partial charge in [0.25, 0.3) is 10.0 Å². The van der Waals surface area contributed by atoms with E-state index in [1.54, 1.807) is 0 Å². The molecule has 3 nitrogen and oxygen atoms in total. The van der Waals surface area contributed by atoms with Crippen LogP contribution in [0.4, 0.5) is 26.3 Å². The minimum Gasteiger partial charge on any atom is -0.206 e. The highest BCUT2D eigenvalue weighted by Crippen LogP contribution is 2.49. The molecular weight excluding hydrogens is 324 g/mol. The van der Waals surface area contributed by atoms with Gasteiger partial charge in [0.1, 0.15) is 0 Å². The first kappa shape index (κ1) is 18.5. The number of sulfonamides is 1. The number of hydrogen-bond donors (Lipinski definition) is 0. The Morgan fingerprint density at radius 3 is 1.57 bits per heavy atom. The smallest absolute Gasteiger partial charge is 0.206 e. The molecule has 0 aromatic rings. The molecule has 0 N–H and O–H groups in total. The molecule has 1 aliphatic rings. The third kappa shape index (κ3) is 3.30. The van der Waals surface area contributed by atoms with E-state index < -0.39 is 34.0 Å². The van der Waals surface area contributed by atoms with Crippen molar-refractivity contribution in [3.05, 3.63) is 0 Å². The van der Waals surface area contributed by atoms with E-state index in [9.17, 15) is 34.8 Å². The maximum absolute atomic E-state index is 13.6. The second kappa shape index (κ2) is 5.94. The number of halogens is 6. The van der Waals surface area contributed by atoms with Crippen LogP contribution in [0.1, 0.15) is 39.0 Å². The van der Waals surface area contributed by atoms with Gasteiger partial charge in [0.05, 0.1) is 0 Å². The first-order chi connectivity index (χ1) is 9.36. The molecule has 0 bridgehead atoms. The summed E-state index contributed by atoms with van der Waals surface area (Å²) in [5.74, 6) is -11.1. The Balaban J connectivity index is 3.14. The van der Waals surface area contributed by atoms with E-state index >= 15 is 0 Å². The molecule has 1 heterocycles. The average molecular weight is 341 g/mol. The molecule has 126 valence electrons. The Morgan fingerprint density at radius 1 is 0.810 bits per heavy atom. The molecule has 1 rings (SSSR count). The highest BCUT2D eigenvalue weighted by Gasteiger charge is 2.76. The Hall–Kier alpha value is -0.510. The molecule has 1 fully saturated rings. The molecule has 0 aliphatic carbocycles. The third-order valence-electron chi connectivity index (χ3n) is 3.40. The van der Waals surface area contributed by atoms with E-state index in [2.05, 4.69) is 0 Å². The molecule has 21 heavy (non-hydrogen) atoms. The van der Waals surface area contributed by atoms with Gasteiger partial charge in [0.2, 0.25) is 0 Å². The fourth-order valence-electron chi connectivity index (χ4n) is 2.04. The summed E-state index contributed by atoms with van der Waals surface area (Å²) in [6.45, 7) is -1.17. The van der Waals surface area contributed by atoms with Crippen LogP contribution in [-0.2, 0) is 10.0 Å². The van der Waals surface area contributed by atoms with Crippen LogP contribution >= 0.6 is 0 Å². The number of hydrogen-bond acceptors (Lipinski definition) is 2. The van der Waals surface area contributed by atoms with Crippen molar-refractivity contribution >= 4 is 10.0 Å². The van der Waals surface area contributed by atoms with E-state index in [0.717, 1.165) is 6.42 Å². The minimum atomic E-state index is -5.98. The summed E-state index contributed by atoms with van der Waals surface area (Å²) in [5.41, 5.74) is 0. The first-order valence-corrected chi connectivity index (χ1v) is 7.93. The van der Waals surface area contributed by atoms with E-state index in [1.807, 2.05) is 0 Å². The van der Waals surface area contributed by atoms with Gasteiger partial charge in [-0.25, -0.2) is 8.42 Å². The fraction of sp³-hybridized carbons (Fsp3) is 1.00. The summed E-state index contributed by atoms with van der Waals surface area (Å²) < 4.78 is 103. The molecule has 1 aliphatic heterocycles. The van der Waals surface area contributed by atoms with Crippen LogP contribution in [0.15, 0.2) is 0 Å². The van der Waals surface area contributed by atoms with Crippen molar-refractivity contribution in [1.82, 2.24) is 4.31 Å². The zero-order valence-electron chi connectivity index (χ0n) is 11.4. The summed E-state index contributed by atoms with van der Waals surface area (Å²) in [6.07, 6.45) is 2.37. The molecule has 0 amide bonds. The topological polar surface area (TPSA) is 37.4 Å². The lowest BCUT2D eigenvalue weighted by molar-refractivity contribution is -0.272. The van der Waals surface area contributed by atoms with Crippen LogP contribution in [-0.4, -0.2) is 42.9 Å². The van der Waals surface area contributed by atoms with Gasteiger partial charge in [-0.3, -0.25) is 0 Å². The zero-order valence-corrected chi connectivity index (χ0v) is 12.2. The molecule has 10 heteroatoms. The Labute approximate surface area is 119 Å². The highest BCUT2D eigenvalue weighted by molar-refractivity contribution is 7.90. The van der Waals surface area contributed by atoms with Gasteiger partial charge in [0.15, 0.2) is 0 Å². The molecule has 0 aromatic heterocycles. The van der Waals surface area contributed by atoms with Crippen molar-refractivity contribution in [1.29, 1.82) is 0 Å². The lowest BCUT2D eigenvalue weighted by Gasteiger charge is -2.34. The summed E-state index contributed by atoms with van der Waals surface area (Å²) in [7, 11) is -5.87. The van der Waals surface area contributed by atoms with Crippen molar-refractivity contribution < 1.29 is 34.8 Å². The van der Waals surface area contributed by atoms with Crippen LogP contribution in [0.2, 0.25) is 0 Å². The minimum absolute atomic E-state index is 0.200. The summed E-state index contributed by atoms with van der Waals surface area (Å²) in [6, 6.07) is 0. The van der Waals surface area contributed by atoms with Gasteiger partial charge < -0.3 is 0 Å². The van der Waals surface area contributed by atoms with E-state index in [0.29, 0.717) is 12.8 Å². The Bertz CT molecular complexity index is 452. The second-order valence-electron chi connectivity index (χ2n) is 5.15. The van der Waals surface area contributed by atoms with E-state index in [4.69, 9.17) is 0 Å². The van der Waals surface area contributed by atoms with Gasteiger partial charge >= 0.3 is 17.1 Å². The standard InChI is InChI=1S/C11H17F6NO2S/c1-9(12,13)10(14,15)11(16,17)21(19,20)18-7-5-3-2-4-6-8-18/h2-8H2,1H3. The highest BCUT2D eigenvalue weighted by atomic mass is 32.2. The van der Waals surface area contributed by atoms with E-state index in [-0.39, 0.29) is 30.2 Å². The summed E-state index contributed by atoms with van der Waals surface area (Å²) >= 11 is 0.